The molecule has 4 nitrogen and oxygen atoms in total. The van der Waals surface area contributed by atoms with Gasteiger partial charge in [0.2, 0.25) is 0 Å². The maximum Gasteiger partial charge on any atom is 0.0607 e. The molecular weight excluding hydrogens is 344 g/mol. The first-order valence-electron chi connectivity index (χ1n) is 11.0. The first-order valence-corrected chi connectivity index (χ1v) is 11.0. The van der Waals surface area contributed by atoms with Gasteiger partial charge in [-0.3, -0.25) is 9.88 Å². The van der Waals surface area contributed by atoms with Gasteiger partial charge in [-0.25, -0.2) is 0 Å². The molecule has 5 rings (SSSR count). The van der Waals surface area contributed by atoms with Gasteiger partial charge in [0.15, 0.2) is 0 Å². The molecule has 3 aliphatic rings. The number of aryl methyl sites for hydroxylation is 1. The minimum atomic E-state index is 0.461. The Hall–Kier alpha value is -1.75. The normalized spacial score (nSPS) is 28.6. The minimum Gasteiger partial charge on any atom is -0.330 e. The van der Waals surface area contributed by atoms with E-state index in [0.717, 1.165) is 37.9 Å². The topological polar surface area (TPSA) is 54.2 Å². The van der Waals surface area contributed by atoms with Crippen LogP contribution < -0.4 is 11.1 Å². The van der Waals surface area contributed by atoms with E-state index in [0.29, 0.717) is 12.1 Å². The molecule has 0 amide bonds. The van der Waals surface area contributed by atoms with E-state index in [-0.39, 0.29) is 0 Å². The summed E-state index contributed by atoms with van der Waals surface area (Å²) in [5, 5.41) is 3.80. The molecule has 0 unspecified atom stereocenters. The van der Waals surface area contributed by atoms with Gasteiger partial charge in [-0.05, 0) is 73.2 Å². The molecule has 2 aromatic rings. The second kappa shape index (κ2) is 7.94. The molecule has 28 heavy (non-hydrogen) atoms. The molecule has 1 aliphatic heterocycles. The lowest BCUT2D eigenvalue weighted by Gasteiger charge is -2.38. The summed E-state index contributed by atoms with van der Waals surface area (Å²) < 4.78 is 0. The molecule has 0 spiro atoms. The minimum absolute atomic E-state index is 0.461. The molecule has 1 saturated carbocycles. The van der Waals surface area contributed by atoms with Crippen LogP contribution in [0.2, 0.25) is 0 Å². The van der Waals surface area contributed by atoms with Crippen molar-refractivity contribution >= 4 is 0 Å². The highest BCUT2D eigenvalue weighted by Gasteiger charge is 2.39. The van der Waals surface area contributed by atoms with Crippen LogP contribution in [-0.2, 0) is 19.4 Å². The van der Waals surface area contributed by atoms with E-state index in [1.165, 1.54) is 54.6 Å². The van der Waals surface area contributed by atoms with Gasteiger partial charge in [0, 0.05) is 31.9 Å². The van der Waals surface area contributed by atoms with E-state index in [2.05, 4.69) is 46.6 Å². The SMILES string of the molecule is NC[C@@H]1C[C@H]1CN(C[C@H]1Cc2ccccc2CN1)[C@H]1CCCc2cccnc21. The van der Waals surface area contributed by atoms with Gasteiger partial charge in [-0.1, -0.05) is 30.3 Å². The Morgan fingerprint density at radius 2 is 1.89 bits per heavy atom. The fourth-order valence-electron chi connectivity index (χ4n) is 5.33. The average Bonchev–Trinajstić information content (AvgIpc) is 3.51. The van der Waals surface area contributed by atoms with Gasteiger partial charge in [-0.2, -0.15) is 0 Å². The summed E-state index contributed by atoms with van der Waals surface area (Å²) >= 11 is 0. The number of nitrogens with zero attached hydrogens (tertiary/aromatic N) is 2. The summed E-state index contributed by atoms with van der Waals surface area (Å²) in [5.74, 6) is 1.50. The Bertz CT molecular complexity index is 820. The molecule has 1 fully saturated rings. The maximum absolute atomic E-state index is 5.95. The largest absolute Gasteiger partial charge is 0.330 e. The van der Waals surface area contributed by atoms with Crippen LogP contribution in [0.1, 0.15) is 47.7 Å². The number of pyridine rings is 1. The summed E-state index contributed by atoms with van der Waals surface area (Å²) in [7, 11) is 0. The van der Waals surface area contributed by atoms with E-state index in [9.17, 15) is 0 Å². The van der Waals surface area contributed by atoms with Crippen LogP contribution >= 0.6 is 0 Å². The highest BCUT2D eigenvalue weighted by Crippen LogP contribution is 2.41. The van der Waals surface area contributed by atoms with Crippen LogP contribution in [0.15, 0.2) is 42.6 Å². The molecule has 2 heterocycles. The van der Waals surface area contributed by atoms with Crippen LogP contribution in [0, 0.1) is 11.8 Å². The molecule has 0 bridgehead atoms. The van der Waals surface area contributed by atoms with Crippen LogP contribution in [-0.4, -0.2) is 35.6 Å². The van der Waals surface area contributed by atoms with Gasteiger partial charge in [0.1, 0.15) is 0 Å². The monoisotopic (exact) mass is 376 g/mol. The predicted octanol–water partition coefficient (Wildman–Crippen LogP) is 3.07. The fraction of sp³-hybridized carbons (Fsp3) is 0.542. The number of fused-ring (bicyclic) bond motifs is 2. The lowest BCUT2D eigenvalue weighted by Crippen LogP contribution is -2.47. The number of aromatic nitrogens is 1. The van der Waals surface area contributed by atoms with Crippen LogP contribution in [0.25, 0.3) is 0 Å². The summed E-state index contributed by atoms with van der Waals surface area (Å²) in [4.78, 5) is 7.58. The standard InChI is InChI=1S/C24H32N4/c25-13-20-11-21(20)15-28(23-9-3-7-17-8-4-10-26-24(17)23)16-22-12-18-5-1-2-6-19(18)14-27-22/h1-2,4-6,8,10,20-23,27H,3,7,9,11-16,25H2/t20-,21-,22+,23-/m0/s1. The van der Waals surface area contributed by atoms with E-state index in [1.807, 2.05) is 6.20 Å². The van der Waals surface area contributed by atoms with Crippen LogP contribution in [0.4, 0.5) is 0 Å². The second-order valence-corrected chi connectivity index (χ2v) is 8.95. The van der Waals surface area contributed by atoms with E-state index >= 15 is 0 Å². The maximum atomic E-state index is 5.95. The Morgan fingerprint density at radius 1 is 1.04 bits per heavy atom. The van der Waals surface area contributed by atoms with Crippen LogP contribution in [0.3, 0.4) is 0 Å². The van der Waals surface area contributed by atoms with E-state index in [1.54, 1.807) is 0 Å². The van der Waals surface area contributed by atoms with Crippen molar-refractivity contribution in [1.29, 1.82) is 0 Å². The first-order chi connectivity index (χ1) is 13.8. The Balaban J connectivity index is 1.36. The van der Waals surface area contributed by atoms with Crippen molar-refractivity contribution < 1.29 is 0 Å². The highest BCUT2D eigenvalue weighted by molar-refractivity contribution is 5.30. The summed E-state index contributed by atoms with van der Waals surface area (Å²) in [5.41, 5.74) is 11.7. The average molecular weight is 377 g/mol. The lowest BCUT2D eigenvalue weighted by molar-refractivity contribution is 0.144. The zero-order valence-electron chi connectivity index (χ0n) is 16.7. The van der Waals surface area contributed by atoms with Gasteiger partial charge in [-0.15, -0.1) is 0 Å². The smallest absolute Gasteiger partial charge is 0.0607 e. The summed E-state index contributed by atoms with van der Waals surface area (Å²) in [6.45, 7) is 4.10. The molecule has 4 heteroatoms. The number of nitrogens with two attached hydrogens (primary N) is 1. The van der Waals surface area contributed by atoms with Crippen molar-refractivity contribution in [2.45, 2.75) is 50.7 Å². The van der Waals surface area contributed by atoms with Crippen molar-refractivity contribution in [2.24, 2.45) is 17.6 Å². The number of nitrogens with one attached hydrogen (secondary N) is 1. The molecule has 1 aromatic heterocycles. The Kier molecular flexibility index (Phi) is 5.19. The van der Waals surface area contributed by atoms with Crippen molar-refractivity contribution in [2.75, 3.05) is 19.6 Å². The molecule has 148 valence electrons. The molecule has 2 aliphatic carbocycles. The molecule has 0 radical (unpaired) electrons. The first kappa shape index (κ1) is 18.3. The third kappa shape index (κ3) is 3.73. The van der Waals surface area contributed by atoms with Crippen molar-refractivity contribution in [3.63, 3.8) is 0 Å². The molecule has 1 aromatic carbocycles. The lowest BCUT2D eigenvalue weighted by atomic mass is 9.89. The van der Waals surface area contributed by atoms with E-state index < -0.39 is 0 Å². The van der Waals surface area contributed by atoms with Gasteiger partial charge in [0.25, 0.3) is 0 Å². The second-order valence-electron chi connectivity index (χ2n) is 8.95. The predicted molar refractivity (Wildman–Crippen MR) is 113 cm³/mol. The van der Waals surface area contributed by atoms with Crippen molar-refractivity contribution in [3.05, 3.63) is 65.0 Å². The zero-order chi connectivity index (χ0) is 18.9. The van der Waals surface area contributed by atoms with Gasteiger partial charge >= 0.3 is 0 Å². The molecule has 4 atom stereocenters. The number of hydrogen-bond acceptors (Lipinski definition) is 4. The third-order valence-electron chi connectivity index (χ3n) is 7.07. The van der Waals surface area contributed by atoms with Gasteiger partial charge < -0.3 is 11.1 Å². The Morgan fingerprint density at radius 3 is 2.75 bits per heavy atom. The van der Waals surface area contributed by atoms with Crippen molar-refractivity contribution in [1.82, 2.24) is 15.2 Å². The van der Waals surface area contributed by atoms with Gasteiger partial charge in [0.05, 0.1) is 11.7 Å². The molecule has 0 saturated heterocycles. The summed E-state index contributed by atoms with van der Waals surface area (Å²) in [6, 6.07) is 14.2. The quantitative estimate of drug-likeness (QED) is 0.814. The van der Waals surface area contributed by atoms with E-state index in [4.69, 9.17) is 10.7 Å². The fourth-order valence-corrected chi connectivity index (χ4v) is 5.33. The number of hydrogen-bond donors (Lipinski definition) is 2. The highest BCUT2D eigenvalue weighted by atomic mass is 15.2. The number of rotatable bonds is 6. The van der Waals surface area contributed by atoms with Crippen LogP contribution in [0.5, 0.6) is 0 Å². The molecule has 3 N–H and O–H groups in total. The van der Waals surface area contributed by atoms with Crippen molar-refractivity contribution in [3.8, 4) is 0 Å². The molecular formula is C24H32N4. The zero-order valence-corrected chi connectivity index (χ0v) is 16.7. The summed E-state index contributed by atoms with van der Waals surface area (Å²) in [6.07, 6.45) is 8.08. The third-order valence-corrected chi connectivity index (χ3v) is 7.07. The number of benzene rings is 1. The Labute approximate surface area is 168 Å².